The Labute approximate surface area is 103 Å². The largest absolute Gasteiger partial charge is 0.312 e. The lowest BCUT2D eigenvalue weighted by Crippen LogP contribution is -2.28. The molecule has 80 valence electrons. The van der Waals surface area contributed by atoms with Gasteiger partial charge in [0.1, 0.15) is 0 Å². The topological polar surface area (TPSA) is 12.0 Å². The maximum atomic E-state index is 3.65. The highest BCUT2D eigenvalue weighted by atomic mass is 79.9. The van der Waals surface area contributed by atoms with Gasteiger partial charge in [-0.1, -0.05) is 28.1 Å². The first-order valence-electron chi connectivity index (χ1n) is 5.45. The zero-order valence-electron chi connectivity index (χ0n) is 8.45. The van der Waals surface area contributed by atoms with Gasteiger partial charge in [0.05, 0.1) is 0 Å². The van der Waals surface area contributed by atoms with Gasteiger partial charge in [0, 0.05) is 15.8 Å². The number of benzene rings is 1. The Morgan fingerprint density at radius 1 is 1.27 bits per heavy atom. The second-order valence-electron chi connectivity index (χ2n) is 4.33. The van der Waals surface area contributed by atoms with Gasteiger partial charge in [-0.3, -0.25) is 0 Å². The van der Waals surface area contributed by atoms with E-state index < -0.39 is 0 Å². The van der Waals surface area contributed by atoms with Crippen molar-refractivity contribution in [1.82, 2.24) is 5.32 Å². The van der Waals surface area contributed by atoms with Crippen LogP contribution in [0.1, 0.15) is 17.2 Å². The zero-order valence-corrected chi connectivity index (χ0v) is 10.9. The van der Waals surface area contributed by atoms with Gasteiger partial charge < -0.3 is 5.32 Å². The minimum Gasteiger partial charge on any atom is -0.312 e. The Morgan fingerprint density at radius 3 is 2.87 bits per heavy atom. The number of fused-ring (bicyclic) bond motifs is 1. The average Bonchev–Trinajstić information content (AvgIpc) is 2.80. The molecule has 0 aliphatic carbocycles. The third-order valence-electron chi connectivity index (χ3n) is 3.42. The fraction of sp³-hybridized carbons (Fsp3) is 0.500. The van der Waals surface area contributed by atoms with E-state index in [2.05, 4.69) is 57.3 Å². The molecular formula is C12H14BrNS. The predicted molar refractivity (Wildman–Crippen MR) is 69.2 cm³/mol. The van der Waals surface area contributed by atoms with E-state index >= 15 is 0 Å². The van der Waals surface area contributed by atoms with Crippen molar-refractivity contribution in [2.75, 3.05) is 12.3 Å². The van der Waals surface area contributed by atoms with Crippen molar-refractivity contribution in [2.45, 2.75) is 17.7 Å². The molecule has 2 aliphatic heterocycles. The Morgan fingerprint density at radius 2 is 2.07 bits per heavy atom. The number of halogens is 1. The van der Waals surface area contributed by atoms with Gasteiger partial charge in [0.2, 0.25) is 0 Å². The Bertz CT molecular complexity index is 351. The first kappa shape index (κ1) is 10.2. The van der Waals surface area contributed by atoms with Crippen molar-refractivity contribution in [1.29, 1.82) is 0 Å². The summed E-state index contributed by atoms with van der Waals surface area (Å²) < 4.78 is 1.17. The van der Waals surface area contributed by atoms with E-state index in [1.54, 1.807) is 0 Å². The van der Waals surface area contributed by atoms with Gasteiger partial charge in [-0.15, -0.1) is 0 Å². The summed E-state index contributed by atoms with van der Waals surface area (Å²) in [7, 11) is 0. The van der Waals surface area contributed by atoms with Crippen molar-refractivity contribution in [3.05, 3.63) is 34.3 Å². The van der Waals surface area contributed by atoms with Crippen LogP contribution in [0.3, 0.4) is 0 Å². The van der Waals surface area contributed by atoms with Gasteiger partial charge in [-0.25, -0.2) is 0 Å². The van der Waals surface area contributed by atoms with E-state index in [9.17, 15) is 0 Å². The summed E-state index contributed by atoms with van der Waals surface area (Å²) >= 11 is 5.60. The first-order chi connectivity index (χ1) is 7.34. The third-order valence-corrected chi connectivity index (χ3v) is 5.49. The second kappa shape index (κ2) is 4.11. The van der Waals surface area contributed by atoms with E-state index in [1.165, 1.54) is 28.8 Å². The van der Waals surface area contributed by atoms with Crippen LogP contribution in [0.15, 0.2) is 28.7 Å². The molecule has 1 aromatic carbocycles. The monoisotopic (exact) mass is 283 g/mol. The standard InChI is InChI=1S/C12H14BrNS/c13-10-3-1-8(2-4-10)12-11-9(7-15-12)5-6-14-11/h1-4,9,11-12,14H,5-7H2. The lowest BCUT2D eigenvalue weighted by molar-refractivity contribution is 0.505. The van der Waals surface area contributed by atoms with E-state index in [0.717, 1.165) is 12.0 Å². The number of nitrogens with one attached hydrogen (secondary N) is 1. The molecule has 3 rings (SSSR count). The molecule has 2 saturated heterocycles. The highest BCUT2D eigenvalue weighted by Gasteiger charge is 2.40. The minimum atomic E-state index is 0.672. The summed E-state index contributed by atoms with van der Waals surface area (Å²) in [6.45, 7) is 1.21. The van der Waals surface area contributed by atoms with Gasteiger partial charge in [0.15, 0.2) is 0 Å². The maximum absolute atomic E-state index is 3.65. The van der Waals surface area contributed by atoms with Gasteiger partial charge >= 0.3 is 0 Å². The number of hydrogen-bond donors (Lipinski definition) is 1. The summed E-state index contributed by atoms with van der Waals surface area (Å²) in [5.41, 5.74) is 1.48. The summed E-state index contributed by atoms with van der Waals surface area (Å²) in [6.07, 6.45) is 1.37. The normalized spacial score (nSPS) is 34.3. The highest BCUT2D eigenvalue weighted by Crippen LogP contribution is 2.46. The van der Waals surface area contributed by atoms with Crippen molar-refractivity contribution in [3.8, 4) is 0 Å². The summed E-state index contributed by atoms with van der Waals surface area (Å²) in [5.74, 6) is 2.24. The maximum Gasteiger partial charge on any atom is 0.0453 e. The van der Waals surface area contributed by atoms with Crippen LogP contribution in [-0.4, -0.2) is 18.3 Å². The minimum absolute atomic E-state index is 0.672. The molecule has 1 N–H and O–H groups in total. The molecule has 3 heteroatoms. The van der Waals surface area contributed by atoms with Crippen LogP contribution in [0.5, 0.6) is 0 Å². The van der Waals surface area contributed by atoms with Crippen molar-refractivity contribution in [3.63, 3.8) is 0 Å². The van der Waals surface area contributed by atoms with E-state index in [4.69, 9.17) is 0 Å². The summed E-state index contributed by atoms with van der Waals surface area (Å²) in [5, 5.41) is 4.32. The molecule has 0 amide bonds. The SMILES string of the molecule is Brc1ccc(C2SCC3CCNC32)cc1. The van der Waals surface area contributed by atoms with E-state index in [0.29, 0.717) is 5.25 Å². The Hall–Kier alpha value is 0.01000. The average molecular weight is 284 g/mol. The quantitative estimate of drug-likeness (QED) is 0.850. The molecule has 1 nitrogen and oxygen atoms in total. The molecular weight excluding hydrogens is 270 g/mol. The molecule has 0 saturated carbocycles. The third kappa shape index (κ3) is 1.85. The molecule has 3 unspecified atom stereocenters. The zero-order chi connectivity index (χ0) is 10.3. The van der Waals surface area contributed by atoms with Crippen molar-refractivity contribution < 1.29 is 0 Å². The number of thioether (sulfide) groups is 1. The van der Waals surface area contributed by atoms with Crippen LogP contribution in [0.2, 0.25) is 0 Å². The van der Waals surface area contributed by atoms with Crippen LogP contribution in [0, 0.1) is 5.92 Å². The Kier molecular flexibility index (Phi) is 2.79. The fourth-order valence-electron chi connectivity index (χ4n) is 2.61. The molecule has 0 aromatic heterocycles. The molecule has 2 fully saturated rings. The second-order valence-corrected chi connectivity index (χ2v) is 6.42. The van der Waals surface area contributed by atoms with Crippen LogP contribution in [0.25, 0.3) is 0 Å². The lowest BCUT2D eigenvalue weighted by atomic mass is 9.96. The molecule has 15 heavy (non-hydrogen) atoms. The number of hydrogen-bond acceptors (Lipinski definition) is 2. The summed E-state index contributed by atoms with van der Waals surface area (Å²) in [4.78, 5) is 0. The van der Waals surface area contributed by atoms with Crippen LogP contribution < -0.4 is 5.32 Å². The predicted octanol–water partition coefficient (Wildman–Crippen LogP) is 3.22. The van der Waals surface area contributed by atoms with Crippen LogP contribution in [0.4, 0.5) is 0 Å². The molecule has 0 bridgehead atoms. The van der Waals surface area contributed by atoms with Gasteiger partial charge in [-0.05, 0) is 42.3 Å². The van der Waals surface area contributed by atoms with Crippen LogP contribution in [-0.2, 0) is 0 Å². The van der Waals surface area contributed by atoms with Crippen molar-refractivity contribution in [2.24, 2.45) is 5.92 Å². The molecule has 3 atom stereocenters. The van der Waals surface area contributed by atoms with E-state index in [-0.39, 0.29) is 0 Å². The van der Waals surface area contributed by atoms with Crippen LogP contribution >= 0.6 is 27.7 Å². The fourth-order valence-corrected chi connectivity index (χ4v) is 4.58. The molecule has 2 heterocycles. The Balaban J connectivity index is 1.85. The van der Waals surface area contributed by atoms with Gasteiger partial charge in [0.25, 0.3) is 0 Å². The van der Waals surface area contributed by atoms with Gasteiger partial charge in [-0.2, -0.15) is 11.8 Å². The molecule has 2 aliphatic rings. The molecule has 0 radical (unpaired) electrons. The van der Waals surface area contributed by atoms with E-state index in [1.807, 2.05) is 0 Å². The number of rotatable bonds is 1. The highest BCUT2D eigenvalue weighted by molar-refractivity contribution is 9.10. The molecule has 0 spiro atoms. The smallest absolute Gasteiger partial charge is 0.0453 e. The first-order valence-corrected chi connectivity index (χ1v) is 7.29. The van der Waals surface area contributed by atoms with Crippen molar-refractivity contribution >= 4 is 27.7 Å². The summed E-state index contributed by atoms with van der Waals surface area (Å²) in [6, 6.07) is 9.53. The molecule has 1 aromatic rings. The lowest BCUT2D eigenvalue weighted by Gasteiger charge is -2.18.